The van der Waals surface area contributed by atoms with Crippen LogP contribution in [0.15, 0.2) is 11.6 Å². The van der Waals surface area contributed by atoms with Gasteiger partial charge < -0.3 is 25.3 Å². The topological polar surface area (TPSA) is 99.9 Å². The average Bonchev–Trinajstić information content (AvgIpc) is 2.49. The summed E-state index contributed by atoms with van der Waals surface area (Å²) in [5, 5.41) is 2.69. The van der Waals surface area contributed by atoms with Gasteiger partial charge in [0, 0.05) is 45.3 Å². The van der Waals surface area contributed by atoms with Gasteiger partial charge in [-0.05, 0) is 53.9 Å². The maximum Gasteiger partial charge on any atom is 0.306 e. The second-order valence-electron chi connectivity index (χ2n) is 7.75. The number of ether oxygens (including phenoxy) is 3. The zero-order valence-corrected chi connectivity index (χ0v) is 17.6. The maximum atomic E-state index is 11.5. The number of rotatable bonds is 14. The predicted molar refractivity (Wildman–Crippen MR) is 106 cm³/mol. The van der Waals surface area contributed by atoms with Crippen molar-refractivity contribution in [3.8, 4) is 0 Å². The first-order valence-electron chi connectivity index (χ1n) is 9.68. The van der Waals surface area contributed by atoms with Crippen LogP contribution >= 0.6 is 0 Å². The van der Waals surface area contributed by atoms with Crippen molar-refractivity contribution in [2.75, 3.05) is 26.4 Å². The van der Waals surface area contributed by atoms with E-state index in [0.29, 0.717) is 45.7 Å². The first kappa shape index (κ1) is 25.6. The van der Waals surface area contributed by atoms with Gasteiger partial charge in [-0.1, -0.05) is 5.57 Å². The van der Waals surface area contributed by atoms with Crippen LogP contribution in [0, 0.1) is 0 Å². The van der Waals surface area contributed by atoms with Gasteiger partial charge in [0.25, 0.3) is 0 Å². The number of nitrogens with two attached hydrogens (primary N) is 1. The first-order valence-corrected chi connectivity index (χ1v) is 9.68. The summed E-state index contributed by atoms with van der Waals surface area (Å²) in [6.07, 6.45) is 4.53. The Labute approximate surface area is 164 Å². The summed E-state index contributed by atoms with van der Waals surface area (Å²) < 4.78 is 16.2. The lowest BCUT2D eigenvalue weighted by atomic mass is 10.2. The van der Waals surface area contributed by atoms with Crippen LogP contribution in [0.5, 0.6) is 0 Å². The summed E-state index contributed by atoms with van der Waals surface area (Å²) in [7, 11) is 0. The molecule has 0 saturated carbocycles. The van der Waals surface area contributed by atoms with Crippen molar-refractivity contribution in [2.45, 2.75) is 78.5 Å². The Morgan fingerprint density at radius 3 is 2.11 bits per heavy atom. The molecule has 1 unspecified atom stereocenters. The van der Waals surface area contributed by atoms with E-state index >= 15 is 0 Å². The van der Waals surface area contributed by atoms with E-state index in [1.165, 1.54) is 6.08 Å². The van der Waals surface area contributed by atoms with E-state index in [2.05, 4.69) is 5.32 Å². The molecule has 27 heavy (non-hydrogen) atoms. The van der Waals surface area contributed by atoms with E-state index in [1.807, 2.05) is 34.6 Å². The molecule has 0 rings (SSSR count). The zero-order chi connectivity index (χ0) is 20.7. The van der Waals surface area contributed by atoms with Gasteiger partial charge in [-0.15, -0.1) is 0 Å². The molecule has 1 amide bonds. The monoisotopic (exact) mass is 386 g/mol. The molecule has 158 valence electrons. The number of hydrogen-bond donors (Lipinski definition) is 2. The lowest BCUT2D eigenvalue weighted by Gasteiger charge is -2.19. The highest BCUT2D eigenvalue weighted by Gasteiger charge is 2.15. The fraction of sp³-hybridized carbons (Fsp3) is 0.800. The van der Waals surface area contributed by atoms with Crippen molar-refractivity contribution in [2.24, 2.45) is 5.73 Å². The summed E-state index contributed by atoms with van der Waals surface area (Å²) in [4.78, 5) is 23.0. The fourth-order valence-electron chi connectivity index (χ4n) is 2.09. The van der Waals surface area contributed by atoms with Crippen molar-refractivity contribution < 1.29 is 23.8 Å². The summed E-state index contributed by atoms with van der Waals surface area (Å²) in [5.41, 5.74) is 6.32. The van der Waals surface area contributed by atoms with Crippen molar-refractivity contribution in [1.29, 1.82) is 0 Å². The second kappa shape index (κ2) is 14.6. The average molecular weight is 387 g/mol. The SMILES string of the molecule is CC(C)=CC(=O)NC(N)CCOCCCCOCCCC(=O)OC(C)(C)C. The molecule has 0 radical (unpaired) electrons. The molecule has 0 aromatic heterocycles. The minimum absolute atomic E-state index is 0.175. The summed E-state index contributed by atoms with van der Waals surface area (Å²) in [6, 6.07) is 0. The Morgan fingerprint density at radius 1 is 1.00 bits per heavy atom. The molecule has 1 atom stereocenters. The van der Waals surface area contributed by atoms with Crippen molar-refractivity contribution in [1.82, 2.24) is 5.32 Å². The molecule has 7 heteroatoms. The van der Waals surface area contributed by atoms with Crippen LogP contribution in [0.4, 0.5) is 0 Å². The van der Waals surface area contributed by atoms with Gasteiger partial charge in [0.15, 0.2) is 0 Å². The Kier molecular flexibility index (Phi) is 13.8. The molecule has 0 fully saturated rings. The van der Waals surface area contributed by atoms with E-state index in [4.69, 9.17) is 19.9 Å². The molecule has 0 heterocycles. The third-order valence-corrected chi connectivity index (χ3v) is 3.24. The smallest absolute Gasteiger partial charge is 0.306 e. The number of carbonyl (C=O) groups is 2. The predicted octanol–water partition coefficient (Wildman–Crippen LogP) is 2.68. The Balaban J connectivity index is 3.42. The summed E-state index contributed by atoms with van der Waals surface area (Å²) in [5.74, 6) is -0.360. The van der Waals surface area contributed by atoms with Gasteiger partial charge in [-0.3, -0.25) is 9.59 Å². The van der Waals surface area contributed by atoms with Gasteiger partial charge in [0.1, 0.15) is 5.60 Å². The van der Waals surface area contributed by atoms with Crippen molar-refractivity contribution >= 4 is 11.9 Å². The van der Waals surface area contributed by atoms with Gasteiger partial charge in [-0.2, -0.15) is 0 Å². The Hall–Kier alpha value is -1.44. The van der Waals surface area contributed by atoms with E-state index < -0.39 is 11.8 Å². The first-order chi connectivity index (χ1) is 12.6. The second-order valence-corrected chi connectivity index (χ2v) is 7.75. The number of amides is 1. The van der Waals surface area contributed by atoms with E-state index in [9.17, 15) is 9.59 Å². The van der Waals surface area contributed by atoms with E-state index in [-0.39, 0.29) is 11.9 Å². The third-order valence-electron chi connectivity index (χ3n) is 3.24. The molecule has 3 N–H and O–H groups in total. The molecule has 7 nitrogen and oxygen atoms in total. The molecule has 0 aliphatic heterocycles. The lowest BCUT2D eigenvalue weighted by Crippen LogP contribution is -2.41. The van der Waals surface area contributed by atoms with Gasteiger partial charge in [-0.25, -0.2) is 0 Å². The number of carbonyl (C=O) groups excluding carboxylic acids is 2. The molecule has 0 aliphatic carbocycles. The normalized spacial score (nSPS) is 12.4. The fourth-order valence-corrected chi connectivity index (χ4v) is 2.09. The van der Waals surface area contributed by atoms with Crippen LogP contribution in [-0.2, 0) is 23.8 Å². The minimum Gasteiger partial charge on any atom is -0.460 e. The van der Waals surface area contributed by atoms with Crippen LogP contribution in [0.2, 0.25) is 0 Å². The van der Waals surface area contributed by atoms with Crippen molar-refractivity contribution in [3.05, 3.63) is 11.6 Å². The van der Waals surface area contributed by atoms with Gasteiger partial charge in [0.2, 0.25) is 5.91 Å². The highest BCUT2D eigenvalue weighted by atomic mass is 16.6. The molecule has 0 aromatic rings. The molecule has 0 saturated heterocycles. The quantitative estimate of drug-likeness (QED) is 0.206. The zero-order valence-electron chi connectivity index (χ0n) is 17.6. The highest BCUT2D eigenvalue weighted by molar-refractivity contribution is 5.88. The van der Waals surface area contributed by atoms with Crippen LogP contribution < -0.4 is 11.1 Å². The number of esters is 1. The molecular weight excluding hydrogens is 348 g/mol. The minimum atomic E-state index is -0.432. The highest BCUT2D eigenvalue weighted by Crippen LogP contribution is 2.09. The van der Waals surface area contributed by atoms with Gasteiger partial charge >= 0.3 is 5.97 Å². The number of hydrogen-bond acceptors (Lipinski definition) is 6. The van der Waals surface area contributed by atoms with Crippen LogP contribution in [0.1, 0.15) is 66.7 Å². The number of allylic oxidation sites excluding steroid dienone is 1. The third kappa shape index (κ3) is 19.1. The van der Waals surface area contributed by atoms with E-state index in [1.54, 1.807) is 0 Å². The van der Waals surface area contributed by atoms with Crippen LogP contribution in [0.3, 0.4) is 0 Å². The maximum absolute atomic E-state index is 11.5. The van der Waals surface area contributed by atoms with Crippen LogP contribution in [-0.4, -0.2) is 50.1 Å². The van der Waals surface area contributed by atoms with Crippen LogP contribution in [0.25, 0.3) is 0 Å². The molecule has 0 aromatic carbocycles. The standard InChI is InChI=1S/C20H38N2O5/c1-16(2)15-18(23)22-17(21)10-14-26-12-7-6-11-25-13-8-9-19(24)27-20(3,4)5/h15,17H,6-14,21H2,1-5H3,(H,22,23). The number of unbranched alkanes of at least 4 members (excludes halogenated alkanes) is 1. The molecule has 0 aliphatic rings. The lowest BCUT2D eigenvalue weighted by molar-refractivity contribution is -0.155. The van der Waals surface area contributed by atoms with Crippen molar-refractivity contribution in [3.63, 3.8) is 0 Å². The molecular formula is C20H38N2O5. The summed E-state index contributed by atoms with van der Waals surface area (Å²) in [6.45, 7) is 11.6. The molecule has 0 spiro atoms. The number of nitrogens with one attached hydrogen (secondary N) is 1. The largest absolute Gasteiger partial charge is 0.460 e. The van der Waals surface area contributed by atoms with E-state index in [0.717, 1.165) is 18.4 Å². The Morgan fingerprint density at radius 2 is 1.56 bits per heavy atom. The Bertz CT molecular complexity index is 454. The summed E-state index contributed by atoms with van der Waals surface area (Å²) >= 11 is 0. The van der Waals surface area contributed by atoms with Gasteiger partial charge in [0.05, 0.1) is 6.17 Å². The molecule has 0 bridgehead atoms.